The fraction of sp³-hybridized carbons (Fsp3) is 0.176. The van der Waals surface area contributed by atoms with Gasteiger partial charge in [-0.2, -0.15) is 0 Å². The van der Waals surface area contributed by atoms with E-state index in [1.165, 1.54) is 6.07 Å². The van der Waals surface area contributed by atoms with Crippen LogP contribution in [0.3, 0.4) is 0 Å². The third kappa shape index (κ3) is 4.16. The molecule has 0 heterocycles. The molecule has 1 amide bonds. The Labute approximate surface area is 138 Å². The first-order valence-corrected chi connectivity index (χ1v) is 7.12. The van der Waals surface area contributed by atoms with Crippen molar-refractivity contribution in [1.82, 2.24) is 5.32 Å². The topological polar surface area (TPSA) is 98.5 Å². The van der Waals surface area contributed by atoms with Crippen LogP contribution in [0.5, 0.6) is 0 Å². The molecule has 0 aromatic heterocycles. The maximum atomic E-state index is 12.2. The van der Waals surface area contributed by atoms with Crippen molar-refractivity contribution < 1.29 is 19.2 Å². The Kier molecular flexibility index (Phi) is 5.26. The van der Waals surface area contributed by atoms with Crippen molar-refractivity contribution in [3.8, 4) is 0 Å². The van der Waals surface area contributed by atoms with Gasteiger partial charge in [0.1, 0.15) is 0 Å². The van der Waals surface area contributed by atoms with Crippen LogP contribution < -0.4 is 5.32 Å². The summed E-state index contributed by atoms with van der Waals surface area (Å²) in [7, 11) is 1.16. The standard InChI is InChI=1S/C17H16N2O5/c1-11-3-5-12(6-4-11)10-18-16(20)13-7-14(17(21)24-2)9-15(8-13)19(22)23/h3-9H,10H2,1-2H3,(H,18,20). The molecule has 2 rings (SSSR count). The maximum absolute atomic E-state index is 12.2. The lowest BCUT2D eigenvalue weighted by atomic mass is 10.1. The number of rotatable bonds is 5. The van der Waals surface area contributed by atoms with Gasteiger partial charge in [0.05, 0.1) is 17.6 Å². The van der Waals surface area contributed by atoms with Gasteiger partial charge in [0.15, 0.2) is 0 Å². The zero-order chi connectivity index (χ0) is 17.7. The number of methoxy groups -OCH3 is 1. The van der Waals surface area contributed by atoms with Crippen LogP contribution in [0.1, 0.15) is 31.8 Å². The SMILES string of the molecule is COC(=O)c1cc(C(=O)NCc2ccc(C)cc2)cc([N+](=O)[O-])c1. The number of hydrogen-bond acceptors (Lipinski definition) is 5. The molecule has 0 aliphatic rings. The average molecular weight is 328 g/mol. The highest BCUT2D eigenvalue weighted by molar-refractivity contribution is 5.98. The van der Waals surface area contributed by atoms with Gasteiger partial charge < -0.3 is 10.1 Å². The fourth-order valence-corrected chi connectivity index (χ4v) is 2.07. The van der Waals surface area contributed by atoms with Gasteiger partial charge in [-0.15, -0.1) is 0 Å². The first-order chi connectivity index (χ1) is 11.4. The third-order valence-electron chi connectivity index (χ3n) is 3.39. The molecule has 0 saturated carbocycles. The van der Waals surface area contributed by atoms with Crippen LogP contribution in [-0.2, 0) is 11.3 Å². The number of nitro benzene ring substituents is 1. The van der Waals surface area contributed by atoms with Gasteiger partial charge in [0, 0.05) is 24.2 Å². The zero-order valence-corrected chi connectivity index (χ0v) is 13.2. The van der Waals surface area contributed by atoms with Gasteiger partial charge in [0.25, 0.3) is 11.6 Å². The van der Waals surface area contributed by atoms with Gasteiger partial charge in [-0.25, -0.2) is 4.79 Å². The number of nitrogens with zero attached hydrogens (tertiary/aromatic N) is 1. The number of amides is 1. The number of carbonyl (C=O) groups is 2. The predicted octanol–water partition coefficient (Wildman–Crippen LogP) is 2.62. The van der Waals surface area contributed by atoms with Gasteiger partial charge in [0.2, 0.25) is 0 Å². The summed E-state index contributed by atoms with van der Waals surface area (Å²) < 4.78 is 4.55. The van der Waals surface area contributed by atoms with Crippen molar-refractivity contribution in [1.29, 1.82) is 0 Å². The summed E-state index contributed by atoms with van der Waals surface area (Å²) >= 11 is 0. The molecule has 0 unspecified atom stereocenters. The molecule has 0 atom stereocenters. The van der Waals surface area contributed by atoms with E-state index in [1.54, 1.807) is 0 Å². The van der Waals surface area contributed by atoms with Crippen LogP contribution >= 0.6 is 0 Å². The summed E-state index contributed by atoms with van der Waals surface area (Å²) in [5, 5.41) is 13.6. The van der Waals surface area contributed by atoms with E-state index in [0.717, 1.165) is 30.4 Å². The second-order valence-electron chi connectivity index (χ2n) is 5.19. The number of nitro groups is 1. The Hall–Kier alpha value is -3.22. The highest BCUT2D eigenvalue weighted by atomic mass is 16.6. The van der Waals surface area contributed by atoms with E-state index in [2.05, 4.69) is 10.1 Å². The number of hydrogen-bond donors (Lipinski definition) is 1. The van der Waals surface area contributed by atoms with Gasteiger partial charge >= 0.3 is 5.97 Å². The third-order valence-corrected chi connectivity index (χ3v) is 3.39. The van der Waals surface area contributed by atoms with E-state index in [4.69, 9.17) is 0 Å². The number of non-ortho nitro benzene ring substituents is 1. The van der Waals surface area contributed by atoms with Crippen molar-refractivity contribution in [3.63, 3.8) is 0 Å². The molecular weight excluding hydrogens is 312 g/mol. The van der Waals surface area contributed by atoms with Crippen LogP contribution in [0.2, 0.25) is 0 Å². The lowest BCUT2D eigenvalue weighted by molar-refractivity contribution is -0.384. The first kappa shape index (κ1) is 17.1. The molecular formula is C17H16N2O5. The first-order valence-electron chi connectivity index (χ1n) is 7.12. The molecule has 0 radical (unpaired) electrons. The Morgan fingerprint density at radius 3 is 2.33 bits per heavy atom. The second kappa shape index (κ2) is 7.36. The lowest BCUT2D eigenvalue weighted by Crippen LogP contribution is -2.23. The van der Waals surface area contributed by atoms with E-state index in [9.17, 15) is 19.7 Å². The van der Waals surface area contributed by atoms with Crippen molar-refractivity contribution in [2.75, 3.05) is 7.11 Å². The van der Waals surface area contributed by atoms with E-state index in [-0.39, 0.29) is 23.4 Å². The van der Waals surface area contributed by atoms with Crippen molar-refractivity contribution >= 4 is 17.6 Å². The molecule has 124 valence electrons. The molecule has 7 heteroatoms. The van der Waals surface area contributed by atoms with E-state index in [1.807, 2.05) is 31.2 Å². The number of ether oxygens (including phenoxy) is 1. The highest BCUT2D eigenvalue weighted by Crippen LogP contribution is 2.18. The Morgan fingerprint density at radius 1 is 1.12 bits per heavy atom. The number of nitrogens with one attached hydrogen (secondary N) is 1. The molecule has 1 N–H and O–H groups in total. The zero-order valence-electron chi connectivity index (χ0n) is 13.2. The minimum atomic E-state index is -0.744. The summed E-state index contributed by atoms with van der Waals surface area (Å²) in [5.41, 5.74) is 1.63. The summed E-state index contributed by atoms with van der Waals surface area (Å²) in [6.45, 7) is 2.23. The van der Waals surface area contributed by atoms with Crippen LogP contribution in [0.25, 0.3) is 0 Å². The van der Waals surface area contributed by atoms with Crippen molar-refractivity contribution in [2.24, 2.45) is 0 Å². The minimum absolute atomic E-state index is 0.0247. The van der Waals surface area contributed by atoms with E-state index >= 15 is 0 Å². The van der Waals surface area contributed by atoms with Crippen LogP contribution in [0.4, 0.5) is 5.69 Å². The summed E-state index contributed by atoms with van der Waals surface area (Å²) in [5.74, 6) is -1.25. The molecule has 0 aliphatic carbocycles. The number of esters is 1. The molecule has 0 aliphatic heterocycles. The predicted molar refractivity (Wildman–Crippen MR) is 86.8 cm³/mol. The minimum Gasteiger partial charge on any atom is -0.465 e. The lowest BCUT2D eigenvalue weighted by Gasteiger charge is -2.07. The molecule has 7 nitrogen and oxygen atoms in total. The molecule has 0 fully saturated rings. The molecule has 0 spiro atoms. The van der Waals surface area contributed by atoms with Crippen LogP contribution in [0, 0.1) is 17.0 Å². The van der Waals surface area contributed by atoms with E-state index < -0.39 is 16.8 Å². The second-order valence-corrected chi connectivity index (χ2v) is 5.19. The van der Waals surface area contributed by atoms with E-state index in [0.29, 0.717) is 0 Å². The van der Waals surface area contributed by atoms with Crippen molar-refractivity contribution in [3.05, 3.63) is 74.8 Å². The molecule has 2 aromatic carbocycles. The maximum Gasteiger partial charge on any atom is 0.338 e. The Morgan fingerprint density at radius 2 is 1.75 bits per heavy atom. The smallest absolute Gasteiger partial charge is 0.338 e. The monoisotopic (exact) mass is 328 g/mol. The number of aryl methyl sites for hydroxylation is 1. The van der Waals surface area contributed by atoms with Gasteiger partial charge in [-0.05, 0) is 18.6 Å². The Bertz CT molecular complexity index is 784. The van der Waals surface area contributed by atoms with Crippen molar-refractivity contribution in [2.45, 2.75) is 13.5 Å². The summed E-state index contributed by atoms with van der Waals surface area (Å²) in [6, 6.07) is 11.1. The average Bonchev–Trinajstić information content (AvgIpc) is 2.59. The Balaban J connectivity index is 2.21. The number of carbonyl (C=O) groups excluding carboxylic acids is 2. The van der Waals surface area contributed by atoms with Crippen LogP contribution in [0.15, 0.2) is 42.5 Å². The molecule has 0 saturated heterocycles. The normalized spacial score (nSPS) is 10.1. The summed E-state index contributed by atoms with van der Waals surface area (Å²) in [6.07, 6.45) is 0. The van der Waals surface area contributed by atoms with Gasteiger partial charge in [-0.1, -0.05) is 29.8 Å². The quantitative estimate of drug-likeness (QED) is 0.517. The van der Waals surface area contributed by atoms with Crippen LogP contribution in [-0.4, -0.2) is 23.9 Å². The summed E-state index contributed by atoms with van der Waals surface area (Å²) in [4.78, 5) is 34.1. The molecule has 0 bridgehead atoms. The molecule has 24 heavy (non-hydrogen) atoms. The largest absolute Gasteiger partial charge is 0.465 e. The molecule has 2 aromatic rings. The highest BCUT2D eigenvalue weighted by Gasteiger charge is 2.18. The van der Waals surface area contributed by atoms with Gasteiger partial charge in [-0.3, -0.25) is 14.9 Å². The number of benzene rings is 2. The fourth-order valence-electron chi connectivity index (χ4n) is 2.07.